The van der Waals surface area contributed by atoms with Crippen LogP contribution in [0.15, 0.2) is 41.5 Å². The third-order valence-corrected chi connectivity index (χ3v) is 2.56. The summed E-state index contributed by atoms with van der Waals surface area (Å²) in [6, 6.07) is 3.85. The number of aliphatic hydroxyl groups excluding tert-OH is 1. The zero-order valence-electron chi connectivity index (χ0n) is 8.58. The first-order chi connectivity index (χ1) is 7.88. The van der Waals surface area contributed by atoms with Gasteiger partial charge in [-0.2, -0.15) is 5.10 Å². The van der Waals surface area contributed by atoms with Crippen LogP contribution in [0.2, 0.25) is 0 Å². The van der Waals surface area contributed by atoms with Crippen molar-refractivity contribution in [1.82, 2.24) is 14.2 Å². The quantitative estimate of drug-likeness (QED) is 0.721. The summed E-state index contributed by atoms with van der Waals surface area (Å²) in [7, 11) is 0. The summed E-state index contributed by atoms with van der Waals surface area (Å²) >= 11 is 0. The highest BCUT2D eigenvalue weighted by Crippen LogP contribution is 2.20. The molecule has 0 saturated carbocycles. The van der Waals surface area contributed by atoms with Gasteiger partial charge >= 0.3 is 0 Å². The van der Waals surface area contributed by atoms with Gasteiger partial charge in [0.15, 0.2) is 0 Å². The number of aromatic nitrogens is 3. The van der Waals surface area contributed by atoms with Crippen molar-refractivity contribution in [3.05, 3.63) is 37.1 Å². The van der Waals surface area contributed by atoms with E-state index in [9.17, 15) is 0 Å². The van der Waals surface area contributed by atoms with E-state index in [1.165, 1.54) is 0 Å². The minimum atomic E-state index is 0.122. The van der Waals surface area contributed by atoms with E-state index >= 15 is 0 Å². The van der Waals surface area contributed by atoms with Crippen molar-refractivity contribution in [3.63, 3.8) is 0 Å². The molecule has 3 rings (SSSR count). The normalized spacial score (nSPS) is 11.3. The van der Waals surface area contributed by atoms with Crippen LogP contribution in [-0.4, -0.2) is 25.9 Å². The van der Waals surface area contributed by atoms with E-state index in [0.717, 1.165) is 16.9 Å². The number of aliphatic hydroxyl groups is 1. The molecular formula is C11H11N3O2. The molecule has 0 radical (unpaired) electrons. The molecule has 0 atom stereocenters. The maximum atomic E-state index is 8.92. The van der Waals surface area contributed by atoms with Gasteiger partial charge in [-0.1, -0.05) is 0 Å². The highest BCUT2D eigenvalue weighted by molar-refractivity contribution is 5.63. The van der Waals surface area contributed by atoms with Crippen molar-refractivity contribution in [2.45, 2.75) is 6.54 Å². The van der Waals surface area contributed by atoms with E-state index in [4.69, 9.17) is 9.52 Å². The summed E-state index contributed by atoms with van der Waals surface area (Å²) in [4.78, 5) is 0. The summed E-state index contributed by atoms with van der Waals surface area (Å²) in [6.45, 7) is 0.698. The molecule has 0 saturated heterocycles. The molecule has 0 aliphatic rings. The van der Waals surface area contributed by atoms with E-state index in [1.807, 2.05) is 29.1 Å². The fourth-order valence-corrected chi connectivity index (χ4v) is 1.78. The number of imidazole rings is 1. The molecule has 3 aromatic heterocycles. The van der Waals surface area contributed by atoms with Gasteiger partial charge in [-0.25, -0.2) is 4.52 Å². The summed E-state index contributed by atoms with van der Waals surface area (Å²) in [5, 5.41) is 13.3. The molecule has 0 aliphatic carbocycles. The van der Waals surface area contributed by atoms with Crippen molar-refractivity contribution in [2.75, 3.05) is 6.61 Å². The Hall–Kier alpha value is -2.01. The van der Waals surface area contributed by atoms with Crippen LogP contribution in [0, 0.1) is 0 Å². The Balaban J connectivity index is 2.09. The topological polar surface area (TPSA) is 55.6 Å². The van der Waals surface area contributed by atoms with Crippen molar-refractivity contribution in [2.24, 2.45) is 0 Å². The van der Waals surface area contributed by atoms with E-state index in [-0.39, 0.29) is 6.61 Å². The molecule has 5 nitrogen and oxygen atoms in total. The molecule has 0 aliphatic heterocycles. The number of hydrogen-bond acceptors (Lipinski definition) is 3. The minimum Gasteiger partial charge on any atom is -0.472 e. The zero-order valence-corrected chi connectivity index (χ0v) is 8.58. The Bertz CT molecular complexity index is 592. The van der Waals surface area contributed by atoms with Gasteiger partial charge in [-0.3, -0.25) is 0 Å². The Morgan fingerprint density at radius 2 is 2.31 bits per heavy atom. The molecular weight excluding hydrogens is 206 g/mol. The first-order valence-corrected chi connectivity index (χ1v) is 5.06. The van der Waals surface area contributed by atoms with Crippen LogP contribution in [0.25, 0.3) is 16.9 Å². The number of hydrogen-bond donors (Lipinski definition) is 1. The van der Waals surface area contributed by atoms with E-state index in [0.29, 0.717) is 6.54 Å². The summed E-state index contributed by atoms with van der Waals surface area (Å²) < 4.78 is 8.77. The number of furan rings is 1. The van der Waals surface area contributed by atoms with Gasteiger partial charge in [0.05, 0.1) is 24.8 Å². The Morgan fingerprint density at radius 1 is 1.38 bits per heavy atom. The van der Waals surface area contributed by atoms with Crippen LogP contribution < -0.4 is 0 Å². The van der Waals surface area contributed by atoms with Crippen molar-refractivity contribution >= 4 is 5.65 Å². The highest BCUT2D eigenvalue weighted by Gasteiger charge is 2.08. The molecule has 3 heterocycles. The fraction of sp³-hybridized carbons (Fsp3) is 0.182. The lowest BCUT2D eigenvalue weighted by molar-refractivity contribution is 0.278. The van der Waals surface area contributed by atoms with E-state index in [1.54, 1.807) is 17.0 Å². The maximum Gasteiger partial charge on any atom is 0.136 e. The molecule has 0 aromatic carbocycles. The molecule has 5 heteroatoms. The number of nitrogens with zero attached hydrogens (tertiary/aromatic N) is 3. The Labute approximate surface area is 91.5 Å². The minimum absolute atomic E-state index is 0.122. The van der Waals surface area contributed by atoms with Gasteiger partial charge in [0.1, 0.15) is 5.65 Å². The van der Waals surface area contributed by atoms with Gasteiger partial charge in [0, 0.05) is 30.6 Å². The van der Waals surface area contributed by atoms with Crippen LogP contribution in [0.3, 0.4) is 0 Å². The predicted molar refractivity (Wildman–Crippen MR) is 58.0 cm³/mol. The molecule has 0 amide bonds. The average Bonchev–Trinajstić information content (AvgIpc) is 2.93. The third-order valence-electron chi connectivity index (χ3n) is 2.56. The second kappa shape index (κ2) is 3.53. The first kappa shape index (κ1) is 9.23. The number of fused-ring (bicyclic) bond motifs is 1. The monoisotopic (exact) mass is 217 g/mol. The lowest BCUT2D eigenvalue weighted by Crippen LogP contribution is -1.99. The average molecular weight is 217 g/mol. The molecule has 82 valence electrons. The van der Waals surface area contributed by atoms with Gasteiger partial charge in [0.2, 0.25) is 0 Å². The second-order valence-electron chi connectivity index (χ2n) is 3.56. The Morgan fingerprint density at radius 3 is 3.06 bits per heavy atom. The second-order valence-corrected chi connectivity index (χ2v) is 3.56. The van der Waals surface area contributed by atoms with Crippen LogP contribution in [0.5, 0.6) is 0 Å². The first-order valence-electron chi connectivity index (χ1n) is 5.06. The summed E-state index contributed by atoms with van der Waals surface area (Å²) in [6.07, 6.45) is 7.06. The molecule has 0 fully saturated rings. The Kier molecular flexibility index (Phi) is 2.04. The van der Waals surface area contributed by atoms with Gasteiger partial charge in [-0.05, 0) is 6.07 Å². The number of rotatable bonds is 3. The standard InChI is InChI=1S/C11H11N3O2/c15-5-4-13-2-3-14-11(13)7-10(12-14)9-1-6-16-8-9/h1-3,6-8,15H,4-5H2. The maximum absolute atomic E-state index is 8.92. The van der Waals surface area contributed by atoms with Crippen molar-refractivity contribution in [1.29, 1.82) is 0 Å². The van der Waals surface area contributed by atoms with Gasteiger partial charge in [-0.15, -0.1) is 0 Å². The van der Waals surface area contributed by atoms with Crippen molar-refractivity contribution in [3.8, 4) is 11.3 Å². The SMILES string of the molecule is OCCn1ccn2nc(-c3ccoc3)cc12. The highest BCUT2D eigenvalue weighted by atomic mass is 16.3. The van der Waals surface area contributed by atoms with Crippen LogP contribution in [-0.2, 0) is 6.54 Å². The lowest BCUT2D eigenvalue weighted by Gasteiger charge is -1.97. The zero-order chi connectivity index (χ0) is 11.0. The van der Waals surface area contributed by atoms with Gasteiger partial charge < -0.3 is 14.1 Å². The van der Waals surface area contributed by atoms with Gasteiger partial charge in [0.25, 0.3) is 0 Å². The van der Waals surface area contributed by atoms with E-state index in [2.05, 4.69) is 5.10 Å². The fourth-order valence-electron chi connectivity index (χ4n) is 1.78. The lowest BCUT2D eigenvalue weighted by atomic mass is 10.2. The largest absolute Gasteiger partial charge is 0.472 e. The molecule has 0 bridgehead atoms. The van der Waals surface area contributed by atoms with Crippen LogP contribution >= 0.6 is 0 Å². The van der Waals surface area contributed by atoms with Crippen LogP contribution in [0.1, 0.15) is 0 Å². The smallest absolute Gasteiger partial charge is 0.136 e. The van der Waals surface area contributed by atoms with Crippen LogP contribution in [0.4, 0.5) is 0 Å². The predicted octanol–water partition coefficient (Wildman–Crippen LogP) is 1.39. The molecule has 3 aromatic rings. The third kappa shape index (κ3) is 1.33. The van der Waals surface area contributed by atoms with Crippen molar-refractivity contribution < 1.29 is 9.52 Å². The molecule has 16 heavy (non-hydrogen) atoms. The summed E-state index contributed by atoms with van der Waals surface area (Å²) in [5.74, 6) is 0. The molecule has 0 spiro atoms. The molecule has 1 N–H and O–H groups in total. The molecule has 0 unspecified atom stereocenters. The van der Waals surface area contributed by atoms with E-state index < -0.39 is 0 Å². The summed E-state index contributed by atoms with van der Waals surface area (Å²) in [5.41, 5.74) is 2.79.